The summed E-state index contributed by atoms with van der Waals surface area (Å²) in [5.74, 6) is -0.377. The minimum atomic E-state index is -0.955. The Morgan fingerprint density at radius 3 is 2.30 bits per heavy atom. The van der Waals surface area contributed by atoms with Crippen molar-refractivity contribution in [3.05, 3.63) is 63.2 Å². The smallest absolute Gasteiger partial charge is 0.345 e. The van der Waals surface area contributed by atoms with Gasteiger partial charge in [0.25, 0.3) is 0 Å². The second kappa shape index (κ2) is 6.74. The lowest BCUT2D eigenvalue weighted by Gasteiger charge is -2.15. The number of halogens is 1. The van der Waals surface area contributed by atoms with E-state index in [0.29, 0.717) is 12.2 Å². The SMILES string of the molecule is Cc1ccc(O[C@H](Cc2ccc(I)cc2)C(=O)O)cc1. The quantitative estimate of drug-likeness (QED) is 0.803. The summed E-state index contributed by atoms with van der Waals surface area (Å²) in [5.41, 5.74) is 2.06. The van der Waals surface area contributed by atoms with Crippen molar-refractivity contribution in [3.63, 3.8) is 0 Å². The van der Waals surface area contributed by atoms with E-state index < -0.39 is 12.1 Å². The molecule has 0 unspecified atom stereocenters. The first kappa shape index (κ1) is 14.8. The standard InChI is InChI=1S/C16H15IO3/c1-11-2-8-14(9-3-11)20-15(16(18)19)10-12-4-6-13(17)7-5-12/h2-9,15H,10H2,1H3,(H,18,19)/t15-/m1/s1. The Bertz CT molecular complexity index is 528. The van der Waals surface area contributed by atoms with Crippen LogP contribution in [-0.4, -0.2) is 17.2 Å². The van der Waals surface area contributed by atoms with Gasteiger partial charge in [0.2, 0.25) is 0 Å². The van der Waals surface area contributed by atoms with Crippen LogP contribution in [-0.2, 0) is 11.2 Å². The molecule has 0 aliphatic rings. The van der Waals surface area contributed by atoms with Gasteiger partial charge in [0, 0.05) is 9.99 Å². The molecule has 0 aliphatic carbocycles. The Morgan fingerprint density at radius 2 is 1.75 bits per heavy atom. The van der Waals surface area contributed by atoms with Gasteiger partial charge in [-0.3, -0.25) is 0 Å². The van der Waals surface area contributed by atoms with Crippen molar-refractivity contribution in [2.75, 3.05) is 0 Å². The lowest BCUT2D eigenvalue weighted by atomic mass is 10.1. The number of aryl methyl sites for hydroxylation is 1. The number of hydrogen-bond acceptors (Lipinski definition) is 2. The van der Waals surface area contributed by atoms with Crippen molar-refractivity contribution in [1.29, 1.82) is 0 Å². The summed E-state index contributed by atoms with van der Waals surface area (Å²) in [6.45, 7) is 1.98. The Hall–Kier alpha value is -1.56. The highest BCUT2D eigenvalue weighted by atomic mass is 127. The first-order valence-electron chi connectivity index (χ1n) is 6.25. The highest BCUT2D eigenvalue weighted by Gasteiger charge is 2.20. The minimum absolute atomic E-state index is 0.347. The number of carboxylic acid groups (broad SMARTS) is 1. The van der Waals surface area contributed by atoms with Crippen LogP contribution in [0.3, 0.4) is 0 Å². The van der Waals surface area contributed by atoms with Gasteiger partial charge in [-0.15, -0.1) is 0 Å². The van der Waals surface area contributed by atoms with Crippen LogP contribution in [0.2, 0.25) is 0 Å². The monoisotopic (exact) mass is 382 g/mol. The van der Waals surface area contributed by atoms with Crippen molar-refractivity contribution in [2.24, 2.45) is 0 Å². The zero-order valence-corrected chi connectivity index (χ0v) is 13.2. The summed E-state index contributed by atoms with van der Waals surface area (Å²) < 4.78 is 6.69. The molecule has 3 nitrogen and oxygen atoms in total. The second-order valence-electron chi connectivity index (χ2n) is 4.59. The van der Waals surface area contributed by atoms with Crippen LogP contribution in [0.5, 0.6) is 5.75 Å². The van der Waals surface area contributed by atoms with Gasteiger partial charge in [0.1, 0.15) is 5.75 Å². The van der Waals surface area contributed by atoms with Crippen molar-refractivity contribution < 1.29 is 14.6 Å². The van der Waals surface area contributed by atoms with E-state index in [9.17, 15) is 9.90 Å². The lowest BCUT2D eigenvalue weighted by Crippen LogP contribution is -2.29. The third-order valence-corrected chi connectivity index (χ3v) is 3.63. The number of hydrogen-bond donors (Lipinski definition) is 1. The predicted molar refractivity (Wildman–Crippen MR) is 86.1 cm³/mol. The Kier molecular flexibility index (Phi) is 5.00. The lowest BCUT2D eigenvalue weighted by molar-refractivity contribution is -0.145. The van der Waals surface area contributed by atoms with Gasteiger partial charge in [0.15, 0.2) is 6.10 Å². The van der Waals surface area contributed by atoms with Crippen LogP contribution in [0, 0.1) is 10.5 Å². The third-order valence-electron chi connectivity index (χ3n) is 2.91. The Labute approximate surface area is 131 Å². The zero-order chi connectivity index (χ0) is 14.5. The molecule has 0 aromatic heterocycles. The van der Waals surface area contributed by atoms with Gasteiger partial charge in [-0.1, -0.05) is 29.8 Å². The molecule has 1 atom stereocenters. The minimum Gasteiger partial charge on any atom is -0.478 e. The fourth-order valence-electron chi connectivity index (χ4n) is 1.80. The van der Waals surface area contributed by atoms with Gasteiger partial charge in [0.05, 0.1) is 0 Å². The van der Waals surface area contributed by atoms with Gasteiger partial charge in [-0.2, -0.15) is 0 Å². The molecule has 0 aliphatic heterocycles. The van der Waals surface area contributed by atoms with E-state index in [1.807, 2.05) is 43.3 Å². The molecule has 4 heteroatoms. The van der Waals surface area contributed by atoms with Crippen molar-refractivity contribution in [3.8, 4) is 5.75 Å². The molecule has 2 aromatic carbocycles. The summed E-state index contributed by atoms with van der Waals surface area (Å²) in [5, 5.41) is 9.28. The van der Waals surface area contributed by atoms with E-state index in [4.69, 9.17) is 4.74 Å². The van der Waals surface area contributed by atoms with Gasteiger partial charge >= 0.3 is 5.97 Å². The van der Waals surface area contributed by atoms with Crippen LogP contribution in [0.1, 0.15) is 11.1 Å². The average Bonchev–Trinajstić information content (AvgIpc) is 2.42. The van der Waals surface area contributed by atoms with Gasteiger partial charge < -0.3 is 9.84 Å². The van der Waals surface area contributed by atoms with E-state index in [-0.39, 0.29) is 0 Å². The molecule has 1 N–H and O–H groups in total. The van der Waals surface area contributed by atoms with Crippen LogP contribution in [0.4, 0.5) is 0 Å². The molecular formula is C16H15IO3. The molecule has 0 heterocycles. The van der Waals surface area contributed by atoms with Crippen molar-refractivity contribution in [2.45, 2.75) is 19.4 Å². The zero-order valence-electron chi connectivity index (χ0n) is 11.0. The molecule has 0 bridgehead atoms. The molecule has 0 saturated heterocycles. The Morgan fingerprint density at radius 1 is 1.15 bits per heavy atom. The second-order valence-corrected chi connectivity index (χ2v) is 5.83. The summed E-state index contributed by atoms with van der Waals surface area (Å²) in [4.78, 5) is 11.3. The number of carbonyl (C=O) groups is 1. The van der Waals surface area contributed by atoms with E-state index >= 15 is 0 Å². The molecule has 0 spiro atoms. The largest absolute Gasteiger partial charge is 0.478 e. The number of rotatable bonds is 5. The van der Waals surface area contributed by atoms with Crippen molar-refractivity contribution in [1.82, 2.24) is 0 Å². The molecule has 0 saturated carbocycles. The highest BCUT2D eigenvalue weighted by Crippen LogP contribution is 2.16. The number of carboxylic acids is 1. The summed E-state index contributed by atoms with van der Waals surface area (Å²) in [7, 11) is 0. The topological polar surface area (TPSA) is 46.5 Å². The van der Waals surface area contributed by atoms with E-state index in [0.717, 1.165) is 14.7 Å². The molecule has 2 aromatic rings. The average molecular weight is 382 g/mol. The maximum atomic E-state index is 11.3. The normalized spacial score (nSPS) is 11.9. The maximum Gasteiger partial charge on any atom is 0.345 e. The number of benzene rings is 2. The fourth-order valence-corrected chi connectivity index (χ4v) is 2.15. The molecule has 0 amide bonds. The first-order valence-corrected chi connectivity index (χ1v) is 7.33. The highest BCUT2D eigenvalue weighted by molar-refractivity contribution is 14.1. The summed E-state index contributed by atoms with van der Waals surface area (Å²) >= 11 is 2.22. The summed E-state index contributed by atoms with van der Waals surface area (Å²) in [6.07, 6.45) is -0.530. The Balaban J connectivity index is 2.09. The van der Waals surface area contributed by atoms with Crippen LogP contribution in [0.15, 0.2) is 48.5 Å². The van der Waals surface area contributed by atoms with E-state index in [1.165, 1.54) is 0 Å². The molecule has 20 heavy (non-hydrogen) atoms. The maximum absolute atomic E-state index is 11.3. The number of ether oxygens (including phenoxy) is 1. The molecule has 0 fully saturated rings. The molecule has 104 valence electrons. The van der Waals surface area contributed by atoms with Crippen LogP contribution in [0.25, 0.3) is 0 Å². The molecule has 2 rings (SSSR count). The van der Waals surface area contributed by atoms with Gasteiger partial charge in [-0.25, -0.2) is 4.79 Å². The number of aliphatic carboxylic acids is 1. The first-order chi connectivity index (χ1) is 9.54. The molecular weight excluding hydrogens is 367 g/mol. The summed E-state index contributed by atoms with van der Waals surface area (Å²) in [6, 6.07) is 15.2. The van der Waals surface area contributed by atoms with E-state index in [2.05, 4.69) is 22.6 Å². The van der Waals surface area contributed by atoms with Crippen LogP contribution >= 0.6 is 22.6 Å². The fraction of sp³-hybridized carbons (Fsp3) is 0.188. The predicted octanol–water partition coefficient (Wildman–Crippen LogP) is 3.67. The van der Waals surface area contributed by atoms with E-state index in [1.54, 1.807) is 12.1 Å². The molecule has 0 radical (unpaired) electrons. The van der Waals surface area contributed by atoms with Crippen LogP contribution < -0.4 is 4.74 Å². The van der Waals surface area contributed by atoms with Gasteiger partial charge in [-0.05, 0) is 59.3 Å². The van der Waals surface area contributed by atoms with Crippen molar-refractivity contribution >= 4 is 28.6 Å². The third kappa shape index (κ3) is 4.23.